The SMILES string of the molecule is CC(=O)Nc1ccc(C)cc1NC(=O)CCO[C@H](C)CC(C)C. The van der Waals surface area contributed by atoms with Gasteiger partial charge in [-0.25, -0.2) is 0 Å². The molecular formula is C18H28N2O3. The third-order valence-corrected chi connectivity index (χ3v) is 3.29. The molecule has 2 N–H and O–H groups in total. The second-order valence-electron chi connectivity index (χ2n) is 6.34. The van der Waals surface area contributed by atoms with Gasteiger partial charge in [-0.1, -0.05) is 19.9 Å². The van der Waals surface area contributed by atoms with Gasteiger partial charge >= 0.3 is 0 Å². The first-order valence-corrected chi connectivity index (χ1v) is 8.07. The summed E-state index contributed by atoms with van der Waals surface area (Å²) in [7, 11) is 0. The Kier molecular flexibility index (Phi) is 7.75. The first-order valence-electron chi connectivity index (χ1n) is 8.07. The molecule has 0 spiro atoms. The van der Waals surface area contributed by atoms with Gasteiger partial charge in [0.2, 0.25) is 11.8 Å². The van der Waals surface area contributed by atoms with Gasteiger partial charge in [0.1, 0.15) is 0 Å². The minimum absolute atomic E-state index is 0.126. The van der Waals surface area contributed by atoms with Crippen LogP contribution in [0.15, 0.2) is 18.2 Å². The molecule has 128 valence electrons. The standard InChI is InChI=1S/C18H28N2O3/c1-12(2)10-14(4)23-9-8-18(22)20-17-11-13(3)6-7-16(17)19-15(5)21/h6-7,11-12,14H,8-10H2,1-5H3,(H,19,21)(H,20,22)/t14-/m1/s1. The topological polar surface area (TPSA) is 67.4 Å². The molecule has 0 bridgehead atoms. The van der Waals surface area contributed by atoms with Crippen molar-refractivity contribution in [1.82, 2.24) is 0 Å². The normalized spacial score (nSPS) is 12.1. The third-order valence-electron chi connectivity index (χ3n) is 3.29. The Morgan fingerprint density at radius 3 is 2.43 bits per heavy atom. The lowest BCUT2D eigenvalue weighted by Gasteiger charge is -2.15. The third kappa shape index (κ3) is 7.79. The van der Waals surface area contributed by atoms with Crippen LogP contribution < -0.4 is 10.6 Å². The number of aryl methyl sites for hydroxylation is 1. The Morgan fingerprint density at radius 1 is 1.13 bits per heavy atom. The number of benzene rings is 1. The molecule has 1 aromatic carbocycles. The number of anilines is 2. The average Bonchev–Trinajstić information content (AvgIpc) is 2.40. The molecule has 5 nitrogen and oxygen atoms in total. The van der Waals surface area contributed by atoms with Crippen LogP contribution in [0.4, 0.5) is 11.4 Å². The van der Waals surface area contributed by atoms with Crippen LogP contribution in [0, 0.1) is 12.8 Å². The van der Waals surface area contributed by atoms with E-state index in [4.69, 9.17) is 4.74 Å². The minimum atomic E-state index is -0.171. The fourth-order valence-corrected chi connectivity index (χ4v) is 2.36. The summed E-state index contributed by atoms with van der Waals surface area (Å²) in [5.41, 5.74) is 2.22. The van der Waals surface area contributed by atoms with Gasteiger partial charge in [-0.2, -0.15) is 0 Å². The van der Waals surface area contributed by atoms with Crippen LogP contribution in [0.2, 0.25) is 0 Å². The van der Waals surface area contributed by atoms with E-state index in [0.29, 0.717) is 23.9 Å². The van der Waals surface area contributed by atoms with Crippen molar-refractivity contribution in [3.05, 3.63) is 23.8 Å². The van der Waals surface area contributed by atoms with Crippen LogP contribution in [-0.4, -0.2) is 24.5 Å². The Hall–Kier alpha value is -1.88. The summed E-state index contributed by atoms with van der Waals surface area (Å²) in [4.78, 5) is 23.3. The molecule has 0 heterocycles. The highest BCUT2D eigenvalue weighted by Gasteiger charge is 2.10. The van der Waals surface area contributed by atoms with Crippen LogP contribution in [0.3, 0.4) is 0 Å². The predicted octanol–water partition coefficient (Wildman–Crippen LogP) is 3.73. The molecule has 0 aliphatic heterocycles. The smallest absolute Gasteiger partial charge is 0.226 e. The number of carbonyl (C=O) groups excluding carboxylic acids is 2. The van der Waals surface area contributed by atoms with Crippen LogP contribution in [-0.2, 0) is 14.3 Å². The maximum Gasteiger partial charge on any atom is 0.226 e. The molecule has 0 radical (unpaired) electrons. The van der Waals surface area contributed by atoms with Crippen molar-refractivity contribution >= 4 is 23.2 Å². The first-order chi connectivity index (χ1) is 10.8. The molecule has 0 aromatic heterocycles. The van der Waals surface area contributed by atoms with Crippen molar-refractivity contribution in [3.63, 3.8) is 0 Å². The number of ether oxygens (including phenoxy) is 1. The average molecular weight is 320 g/mol. The Bertz CT molecular complexity index is 541. The van der Waals surface area contributed by atoms with Gasteiger partial charge in [0.15, 0.2) is 0 Å². The van der Waals surface area contributed by atoms with Crippen LogP contribution >= 0.6 is 0 Å². The fraction of sp³-hybridized carbons (Fsp3) is 0.556. The fourth-order valence-electron chi connectivity index (χ4n) is 2.36. The molecule has 5 heteroatoms. The summed E-state index contributed by atoms with van der Waals surface area (Å²) >= 11 is 0. The summed E-state index contributed by atoms with van der Waals surface area (Å²) in [5, 5.41) is 5.55. The van der Waals surface area contributed by atoms with Crippen molar-refractivity contribution in [2.75, 3.05) is 17.2 Å². The second kappa shape index (κ2) is 9.30. The van der Waals surface area contributed by atoms with Crippen LogP contribution in [0.1, 0.15) is 46.1 Å². The lowest BCUT2D eigenvalue weighted by atomic mass is 10.1. The quantitative estimate of drug-likeness (QED) is 0.767. The summed E-state index contributed by atoms with van der Waals surface area (Å²) in [6.45, 7) is 10.1. The zero-order valence-corrected chi connectivity index (χ0v) is 14.7. The van der Waals surface area contributed by atoms with Gasteiger partial charge < -0.3 is 15.4 Å². The molecule has 2 amide bonds. The van der Waals surface area contributed by atoms with Crippen molar-refractivity contribution in [1.29, 1.82) is 0 Å². The molecular weight excluding hydrogens is 292 g/mol. The number of amides is 2. The summed E-state index contributed by atoms with van der Waals surface area (Å²) < 4.78 is 5.65. The number of carbonyl (C=O) groups is 2. The van der Waals surface area contributed by atoms with E-state index in [1.54, 1.807) is 6.07 Å². The lowest BCUT2D eigenvalue weighted by molar-refractivity contribution is -0.118. The zero-order chi connectivity index (χ0) is 17.4. The first kappa shape index (κ1) is 19.2. The van der Waals surface area contributed by atoms with Crippen molar-refractivity contribution in [2.45, 2.75) is 53.6 Å². The molecule has 0 saturated heterocycles. The molecule has 0 aliphatic rings. The van der Waals surface area contributed by atoms with E-state index in [9.17, 15) is 9.59 Å². The van der Waals surface area contributed by atoms with E-state index in [1.165, 1.54) is 6.92 Å². The molecule has 1 rings (SSSR count). The van der Waals surface area contributed by atoms with Gasteiger partial charge in [-0.05, 0) is 43.9 Å². The second-order valence-corrected chi connectivity index (χ2v) is 6.34. The van der Waals surface area contributed by atoms with E-state index in [2.05, 4.69) is 24.5 Å². The summed E-state index contributed by atoms with van der Waals surface area (Å²) in [5.74, 6) is 0.278. The summed E-state index contributed by atoms with van der Waals surface area (Å²) in [6.07, 6.45) is 1.42. The number of nitrogens with one attached hydrogen (secondary N) is 2. The minimum Gasteiger partial charge on any atom is -0.378 e. The number of hydrogen-bond acceptors (Lipinski definition) is 3. The predicted molar refractivity (Wildman–Crippen MR) is 93.6 cm³/mol. The molecule has 1 atom stereocenters. The highest BCUT2D eigenvalue weighted by molar-refractivity contribution is 5.99. The zero-order valence-electron chi connectivity index (χ0n) is 14.7. The van der Waals surface area contributed by atoms with Crippen LogP contribution in [0.5, 0.6) is 0 Å². The highest BCUT2D eigenvalue weighted by atomic mass is 16.5. The maximum atomic E-state index is 12.1. The molecule has 0 aliphatic carbocycles. The Labute approximate surface area is 138 Å². The van der Waals surface area contributed by atoms with E-state index in [1.807, 2.05) is 26.0 Å². The molecule has 0 fully saturated rings. The largest absolute Gasteiger partial charge is 0.378 e. The van der Waals surface area contributed by atoms with E-state index >= 15 is 0 Å². The molecule has 0 saturated carbocycles. The lowest BCUT2D eigenvalue weighted by Crippen LogP contribution is -2.19. The van der Waals surface area contributed by atoms with Gasteiger partial charge in [0.05, 0.1) is 30.5 Å². The molecule has 0 unspecified atom stereocenters. The van der Waals surface area contributed by atoms with E-state index in [0.717, 1.165) is 12.0 Å². The van der Waals surface area contributed by atoms with Crippen LogP contribution in [0.25, 0.3) is 0 Å². The monoisotopic (exact) mass is 320 g/mol. The van der Waals surface area contributed by atoms with E-state index in [-0.39, 0.29) is 24.3 Å². The molecule has 1 aromatic rings. The molecule has 23 heavy (non-hydrogen) atoms. The number of rotatable bonds is 8. The van der Waals surface area contributed by atoms with Crippen molar-refractivity contribution < 1.29 is 14.3 Å². The Morgan fingerprint density at radius 2 is 1.83 bits per heavy atom. The van der Waals surface area contributed by atoms with E-state index < -0.39 is 0 Å². The summed E-state index contributed by atoms with van der Waals surface area (Å²) in [6, 6.07) is 5.51. The van der Waals surface area contributed by atoms with Gasteiger partial charge in [0.25, 0.3) is 0 Å². The van der Waals surface area contributed by atoms with Gasteiger partial charge in [0, 0.05) is 6.92 Å². The van der Waals surface area contributed by atoms with Gasteiger partial charge in [-0.15, -0.1) is 0 Å². The van der Waals surface area contributed by atoms with Gasteiger partial charge in [-0.3, -0.25) is 9.59 Å². The highest BCUT2D eigenvalue weighted by Crippen LogP contribution is 2.23. The van der Waals surface area contributed by atoms with Crippen molar-refractivity contribution in [3.8, 4) is 0 Å². The Balaban J connectivity index is 2.53. The van der Waals surface area contributed by atoms with Crippen molar-refractivity contribution in [2.24, 2.45) is 5.92 Å². The maximum absolute atomic E-state index is 12.1. The number of hydrogen-bond donors (Lipinski definition) is 2.